The Hall–Kier alpha value is -2.23. The minimum atomic E-state index is -0.0827. The molecule has 0 aliphatic carbocycles. The standard InChI is InChI=1S/C17H21NO3/c1-13-5-7-15(8-6-13)21-11-4-3-10-18-17(19)16-9-12-20-14(16)2/h5-9,12H,3-4,10-11H2,1-2H3,(H,18,19). The molecule has 1 N–H and O–H groups in total. The van der Waals surface area contributed by atoms with Crippen molar-refractivity contribution in [2.75, 3.05) is 13.2 Å². The Kier molecular flexibility index (Phi) is 5.43. The summed E-state index contributed by atoms with van der Waals surface area (Å²) in [6, 6.07) is 9.69. The van der Waals surface area contributed by atoms with Crippen LogP contribution in [0.4, 0.5) is 0 Å². The van der Waals surface area contributed by atoms with E-state index >= 15 is 0 Å². The number of furan rings is 1. The first-order valence-electron chi connectivity index (χ1n) is 7.18. The summed E-state index contributed by atoms with van der Waals surface area (Å²) in [4.78, 5) is 11.8. The van der Waals surface area contributed by atoms with Crippen molar-refractivity contribution < 1.29 is 13.9 Å². The van der Waals surface area contributed by atoms with E-state index < -0.39 is 0 Å². The van der Waals surface area contributed by atoms with Crippen molar-refractivity contribution in [3.05, 3.63) is 53.5 Å². The second-order valence-electron chi connectivity index (χ2n) is 5.01. The molecular weight excluding hydrogens is 266 g/mol. The summed E-state index contributed by atoms with van der Waals surface area (Å²) in [7, 11) is 0. The first-order chi connectivity index (χ1) is 10.2. The number of ether oxygens (including phenoxy) is 1. The van der Waals surface area contributed by atoms with E-state index in [1.54, 1.807) is 13.0 Å². The van der Waals surface area contributed by atoms with Crippen LogP contribution in [0.3, 0.4) is 0 Å². The summed E-state index contributed by atoms with van der Waals surface area (Å²) in [6.45, 7) is 5.13. The van der Waals surface area contributed by atoms with Gasteiger partial charge in [-0.2, -0.15) is 0 Å². The second kappa shape index (κ2) is 7.53. The van der Waals surface area contributed by atoms with Crippen LogP contribution >= 0.6 is 0 Å². The third-order valence-corrected chi connectivity index (χ3v) is 3.25. The largest absolute Gasteiger partial charge is 0.494 e. The summed E-state index contributed by atoms with van der Waals surface area (Å²) in [5, 5.41) is 2.88. The second-order valence-corrected chi connectivity index (χ2v) is 5.01. The average molecular weight is 287 g/mol. The highest BCUT2D eigenvalue weighted by Gasteiger charge is 2.09. The maximum atomic E-state index is 11.8. The van der Waals surface area contributed by atoms with E-state index in [9.17, 15) is 4.79 Å². The van der Waals surface area contributed by atoms with E-state index in [1.807, 2.05) is 31.2 Å². The molecule has 0 fully saturated rings. The molecule has 21 heavy (non-hydrogen) atoms. The smallest absolute Gasteiger partial charge is 0.254 e. The van der Waals surface area contributed by atoms with Gasteiger partial charge in [0.1, 0.15) is 11.5 Å². The van der Waals surface area contributed by atoms with Gasteiger partial charge in [0.25, 0.3) is 5.91 Å². The van der Waals surface area contributed by atoms with Crippen LogP contribution in [-0.2, 0) is 0 Å². The lowest BCUT2D eigenvalue weighted by atomic mass is 10.2. The Morgan fingerprint density at radius 1 is 1.14 bits per heavy atom. The van der Waals surface area contributed by atoms with Crippen LogP contribution in [0.25, 0.3) is 0 Å². The van der Waals surface area contributed by atoms with E-state index in [4.69, 9.17) is 9.15 Å². The Morgan fingerprint density at radius 3 is 2.57 bits per heavy atom. The molecule has 4 heteroatoms. The van der Waals surface area contributed by atoms with Crippen LogP contribution in [0.2, 0.25) is 0 Å². The van der Waals surface area contributed by atoms with Crippen LogP contribution in [-0.4, -0.2) is 19.1 Å². The van der Waals surface area contributed by atoms with Crippen LogP contribution < -0.4 is 10.1 Å². The minimum Gasteiger partial charge on any atom is -0.494 e. The van der Waals surface area contributed by atoms with Crippen LogP contribution in [0.5, 0.6) is 5.75 Å². The first-order valence-corrected chi connectivity index (χ1v) is 7.18. The molecule has 0 unspecified atom stereocenters. The van der Waals surface area contributed by atoms with E-state index in [0.29, 0.717) is 24.5 Å². The molecule has 2 rings (SSSR count). The van der Waals surface area contributed by atoms with Crippen LogP contribution in [0, 0.1) is 13.8 Å². The molecule has 112 valence electrons. The predicted octanol–water partition coefficient (Wildman–Crippen LogP) is 3.49. The Balaban J connectivity index is 1.59. The van der Waals surface area contributed by atoms with Crippen molar-refractivity contribution in [2.45, 2.75) is 26.7 Å². The van der Waals surface area contributed by atoms with Crippen molar-refractivity contribution in [2.24, 2.45) is 0 Å². The zero-order chi connectivity index (χ0) is 15.1. The molecule has 1 amide bonds. The summed E-state index contributed by atoms with van der Waals surface area (Å²) in [5.74, 6) is 1.45. The van der Waals surface area contributed by atoms with Crippen LogP contribution in [0.15, 0.2) is 41.0 Å². The number of hydrogen-bond donors (Lipinski definition) is 1. The fraction of sp³-hybridized carbons (Fsp3) is 0.353. The highest BCUT2D eigenvalue weighted by Crippen LogP contribution is 2.12. The highest BCUT2D eigenvalue weighted by atomic mass is 16.5. The zero-order valence-corrected chi connectivity index (χ0v) is 12.5. The normalized spacial score (nSPS) is 10.4. The van der Waals surface area contributed by atoms with E-state index in [0.717, 1.165) is 18.6 Å². The Labute approximate surface area is 125 Å². The van der Waals surface area contributed by atoms with Gasteiger partial charge in [0.2, 0.25) is 0 Å². The Bertz CT molecular complexity index is 572. The minimum absolute atomic E-state index is 0.0827. The molecule has 0 aliphatic heterocycles. The highest BCUT2D eigenvalue weighted by molar-refractivity contribution is 5.94. The molecule has 1 heterocycles. The Morgan fingerprint density at radius 2 is 1.90 bits per heavy atom. The van der Waals surface area contributed by atoms with Gasteiger partial charge in [0.05, 0.1) is 18.4 Å². The number of amides is 1. The number of benzene rings is 1. The molecule has 2 aromatic rings. The molecule has 0 saturated carbocycles. The lowest BCUT2D eigenvalue weighted by Crippen LogP contribution is -2.24. The fourth-order valence-corrected chi connectivity index (χ4v) is 1.97. The van der Waals surface area contributed by atoms with E-state index in [1.165, 1.54) is 11.8 Å². The van der Waals surface area contributed by atoms with Crippen molar-refractivity contribution in [3.63, 3.8) is 0 Å². The zero-order valence-electron chi connectivity index (χ0n) is 12.5. The van der Waals surface area contributed by atoms with Crippen molar-refractivity contribution in [1.82, 2.24) is 5.32 Å². The summed E-state index contributed by atoms with van der Waals surface area (Å²) in [6.07, 6.45) is 3.31. The van der Waals surface area contributed by atoms with Crippen molar-refractivity contribution in [3.8, 4) is 5.75 Å². The number of hydrogen-bond acceptors (Lipinski definition) is 3. The molecule has 4 nitrogen and oxygen atoms in total. The van der Waals surface area contributed by atoms with Gasteiger partial charge < -0.3 is 14.5 Å². The van der Waals surface area contributed by atoms with Gasteiger partial charge in [-0.15, -0.1) is 0 Å². The number of nitrogens with one attached hydrogen (secondary N) is 1. The maximum absolute atomic E-state index is 11.8. The lowest BCUT2D eigenvalue weighted by molar-refractivity contribution is 0.0951. The first kappa shape index (κ1) is 15.2. The number of unbranched alkanes of at least 4 members (excludes halogenated alkanes) is 1. The summed E-state index contributed by atoms with van der Waals surface area (Å²) >= 11 is 0. The predicted molar refractivity (Wildman–Crippen MR) is 81.7 cm³/mol. The average Bonchev–Trinajstić information content (AvgIpc) is 2.90. The third-order valence-electron chi connectivity index (χ3n) is 3.25. The molecule has 0 spiro atoms. The van der Waals surface area contributed by atoms with Gasteiger partial charge in [0.15, 0.2) is 0 Å². The summed E-state index contributed by atoms with van der Waals surface area (Å²) in [5.41, 5.74) is 1.82. The number of carbonyl (C=O) groups excluding carboxylic acids is 1. The van der Waals surface area contributed by atoms with Crippen LogP contribution in [0.1, 0.15) is 34.5 Å². The molecule has 1 aromatic carbocycles. The van der Waals surface area contributed by atoms with Gasteiger partial charge in [-0.1, -0.05) is 17.7 Å². The molecule has 0 radical (unpaired) electrons. The molecule has 0 bridgehead atoms. The lowest BCUT2D eigenvalue weighted by Gasteiger charge is -2.07. The molecule has 0 saturated heterocycles. The molecule has 0 atom stereocenters. The molecular formula is C17H21NO3. The van der Waals surface area contributed by atoms with Gasteiger partial charge in [-0.05, 0) is 44.9 Å². The fourth-order valence-electron chi connectivity index (χ4n) is 1.97. The topological polar surface area (TPSA) is 51.5 Å². The van der Waals surface area contributed by atoms with Crippen molar-refractivity contribution >= 4 is 5.91 Å². The van der Waals surface area contributed by atoms with Gasteiger partial charge in [-0.3, -0.25) is 4.79 Å². The third kappa shape index (κ3) is 4.67. The van der Waals surface area contributed by atoms with E-state index in [2.05, 4.69) is 5.32 Å². The number of aryl methyl sites for hydroxylation is 2. The van der Waals surface area contributed by atoms with Gasteiger partial charge >= 0.3 is 0 Å². The van der Waals surface area contributed by atoms with Gasteiger partial charge in [0, 0.05) is 6.54 Å². The van der Waals surface area contributed by atoms with Crippen molar-refractivity contribution in [1.29, 1.82) is 0 Å². The van der Waals surface area contributed by atoms with E-state index in [-0.39, 0.29) is 5.91 Å². The number of carbonyl (C=O) groups is 1. The quantitative estimate of drug-likeness (QED) is 0.793. The SMILES string of the molecule is Cc1ccc(OCCCCNC(=O)c2ccoc2C)cc1. The van der Waals surface area contributed by atoms with Gasteiger partial charge in [-0.25, -0.2) is 0 Å². The summed E-state index contributed by atoms with van der Waals surface area (Å²) < 4.78 is 10.7. The number of rotatable bonds is 7. The monoisotopic (exact) mass is 287 g/mol. The molecule has 0 aliphatic rings. The molecule has 1 aromatic heterocycles. The maximum Gasteiger partial charge on any atom is 0.254 e.